The second-order valence-corrected chi connectivity index (χ2v) is 5.06. The van der Waals surface area contributed by atoms with Crippen LogP contribution in [-0.2, 0) is 4.74 Å². The quantitative estimate of drug-likeness (QED) is 0.433. The average molecular weight is 335 g/mol. The molecule has 0 aliphatic rings. The number of esters is 1. The van der Waals surface area contributed by atoms with Gasteiger partial charge in [-0.25, -0.2) is 14.6 Å². The highest BCUT2D eigenvalue weighted by Gasteiger charge is 2.15. The number of carbonyl (C=O) groups is 1. The Kier molecular flexibility index (Phi) is 4.72. The van der Waals surface area contributed by atoms with E-state index in [9.17, 15) is 9.59 Å². The SMILES string of the molecule is N#Cc1cccnc1NCCOC(=O)c1cc2ccccc2oc1=O. The molecular weight excluding hydrogens is 322 g/mol. The molecule has 0 atom stereocenters. The zero-order valence-electron chi connectivity index (χ0n) is 13.1. The lowest BCUT2D eigenvalue weighted by atomic mass is 10.2. The first-order chi connectivity index (χ1) is 12.2. The molecule has 1 aromatic carbocycles. The van der Waals surface area contributed by atoms with Crippen molar-refractivity contribution in [2.24, 2.45) is 0 Å². The number of hydrogen-bond acceptors (Lipinski definition) is 7. The molecule has 124 valence electrons. The van der Waals surface area contributed by atoms with Gasteiger partial charge in [0.2, 0.25) is 0 Å². The van der Waals surface area contributed by atoms with Crippen LogP contribution in [0.1, 0.15) is 15.9 Å². The number of benzene rings is 1. The maximum absolute atomic E-state index is 12.1. The van der Waals surface area contributed by atoms with E-state index >= 15 is 0 Å². The number of ether oxygens (including phenoxy) is 1. The molecule has 3 rings (SSSR count). The van der Waals surface area contributed by atoms with E-state index in [-0.39, 0.29) is 18.7 Å². The smallest absolute Gasteiger partial charge is 0.351 e. The zero-order valence-corrected chi connectivity index (χ0v) is 13.1. The van der Waals surface area contributed by atoms with E-state index < -0.39 is 11.6 Å². The molecule has 0 aliphatic carbocycles. The second-order valence-electron chi connectivity index (χ2n) is 5.06. The van der Waals surface area contributed by atoms with Crippen LogP contribution in [0.2, 0.25) is 0 Å². The third kappa shape index (κ3) is 3.64. The number of carbonyl (C=O) groups excluding carboxylic acids is 1. The summed E-state index contributed by atoms with van der Waals surface area (Å²) >= 11 is 0. The minimum atomic E-state index is -0.761. The molecule has 0 saturated heterocycles. The van der Waals surface area contributed by atoms with Crippen molar-refractivity contribution in [3.8, 4) is 6.07 Å². The molecule has 2 heterocycles. The summed E-state index contributed by atoms with van der Waals surface area (Å²) in [6, 6.07) is 13.6. The summed E-state index contributed by atoms with van der Waals surface area (Å²) in [5.41, 5.74) is -0.101. The van der Waals surface area contributed by atoms with Crippen LogP contribution >= 0.6 is 0 Å². The summed E-state index contributed by atoms with van der Waals surface area (Å²) in [7, 11) is 0. The summed E-state index contributed by atoms with van der Waals surface area (Å²) < 4.78 is 10.2. The van der Waals surface area contributed by atoms with Crippen molar-refractivity contribution in [3.63, 3.8) is 0 Å². The van der Waals surface area contributed by atoms with Crippen LogP contribution < -0.4 is 10.9 Å². The zero-order chi connectivity index (χ0) is 17.6. The van der Waals surface area contributed by atoms with Crippen molar-refractivity contribution >= 4 is 22.8 Å². The summed E-state index contributed by atoms with van der Waals surface area (Å²) in [5, 5.41) is 12.5. The molecule has 0 bridgehead atoms. The fourth-order valence-corrected chi connectivity index (χ4v) is 2.23. The molecule has 1 N–H and O–H groups in total. The van der Waals surface area contributed by atoms with E-state index in [0.29, 0.717) is 22.4 Å². The lowest BCUT2D eigenvalue weighted by Crippen LogP contribution is -2.20. The van der Waals surface area contributed by atoms with Crippen LogP contribution in [0.5, 0.6) is 0 Å². The Morgan fingerprint density at radius 2 is 2.12 bits per heavy atom. The molecule has 0 spiro atoms. The largest absolute Gasteiger partial charge is 0.460 e. The minimum Gasteiger partial charge on any atom is -0.460 e. The molecule has 0 amide bonds. The Hall–Kier alpha value is -3.66. The summed E-state index contributed by atoms with van der Waals surface area (Å²) in [4.78, 5) is 28.0. The van der Waals surface area contributed by atoms with Crippen LogP contribution in [0.4, 0.5) is 5.82 Å². The van der Waals surface area contributed by atoms with Crippen molar-refractivity contribution < 1.29 is 13.9 Å². The third-order valence-electron chi connectivity index (χ3n) is 3.42. The Bertz CT molecular complexity index is 1020. The molecule has 25 heavy (non-hydrogen) atoms. The van der Waals surface area contributed by atoms with Gasteiger partial charge >= 0.3 is 11.6 Å². The van der Waals surface area contributed by atoms with E-state index in [1.807, 2.05) is 6.07 Å². The van der Waals surface area contributed by atoms with Crippen molar-refractivity contribution in [2.45, 2.75) is 0 Å². The van der Waals surface area contributed by atoms with Gasteiger partial charge in [-0.05, 0) is 24.3 Å². The van der Waals surface area contributed by atoms with Gasteiger partial charge in [-0.1, -0.05) is 18.2 Å². The fourth-order valence-electron chi connectivity index (χ4n) is 2.23. The van der Waals surface area contributed by atoms with Gasteiger partial charge in [0, 0.05) is 11.6 Å². The fraction of sp³-hybridized carbons (Fsp3) is 0.111. The number of para-hydroxylation sites is 1. The van der Waals surface area contributed by atoms with Gasteiger partial charge in [0.15, 0.2) is 0 Å². The number of anilines is 1. The van der Waals surface area contributed by atoms with Crippen molar-refractivity contribution in [1.29, 1.82) is 5.26 Å². The number of nitriles is 1. The predicted molar refractivity (Wildman–Crippen MR) is 90.2 cm³/mol. The van der Waals surface area contributed by atoms with Crippen molar-refractivity contribution in [2.75, 3.05) is 18.5 Å². The molecule has 0 radical (unpaired) electrons. The van der Waals surface area contributed by atoms with Gasteiger partial charge in [-0.2, -0.15) is 5.26 Å². The number of hydrogen-bond donors (Lipinski definition) is 1. The maximum atomic E-state index is 12.1. The first kappa shape index (κ1) is 16.2. The molecule has 2 aromatic heterocycles. The molecule has 0 unspecified atom stereocenters. The topological polar surface area (TPSA) is 105 Å². The van der Waals surface area contributed by atoms with Crippen LogP contribution in [0.3, 0.4) is 0 Å². The second kappa shape index (κ2) is 7.27. The van der Waals surface area contributed by atoms with Crippen LogP contribution in [0.25, 0.3) is 11.0 Å². The van der Waals surface area contributed by atoms with Crippen molar-refractivity contribution in [1.82, 2.24) is 4.98 Å². The predicted octanol–water partition coefficient (Wildman–Crippen LogP) is 2.33. The Balaban J connectivity index is 1.62. The minimum absolute atomic E-state index is 0.00649. The lowest BCUT2D eigenvalue weighted by molar-refractivity contribution is 0.0516. The van der Waals surface area contributed by atoms with Gasteiger partial charge in [0.25, 0.3) is 0 Å². The summed E-state index contributed by atoms with van der Waals surface area (Å²) in [6.07, 6.45) is 1.55. The number of nitrogens with zero attached hydrogens (tertiary/aromatic N) is 2. The highest BCUT2D eigenvalue weighted by atomic mass is 16.5. The first-order valence-corrected chi connectivity index (χ1v) is 7.48. The highest BCUT2D eigenvalue weighted by molar-refractivity contribution is 5.92. The van der Waals surface area contributed by atoms with Crippen LogP contribution in [-0.4, -0.2) is 24.1 Å². The van der Waals surface area contributed by atoms with E-state index in [2.05, 4.69) is 10.3 Å². The van der Waals surface area contributed by atoms with Crippen LogP contribution in [0.15, 0.2) is 57.9 Å². The molecule has 3 aromatic rings. The van der Waals surface area contributed by atoms with Crippen molar-refractivity contribution in [3.05, 3.63) is 70.2 Å². The first-order valence-electron chi connectivity index (χ1n) is 7.48. The standard InChI is InChI=1S/C18H13N3O4/c19-11-13-5-3-7-20-16(13)21-8-9-24-17(22)14-10-12-4-1-2-6-15(12)25-18(14)23/h1-7,10H,8-9H2,(H,20,21). The number of pyridine rings is 1. The van der Waals surface area contributed by atoms with Gasteiger partial charge in [0.1, 0.15) is 29.6 Å². The molecule has 7 heteroatoms. The normalized spacial score (nSPS) is 10.2. The molecule has 0 fully saturated rings. The number of nitrogens with one attached hydrogen (secondary N) is 1. The summed E-state index contributed by atoms with van der Waals surface area (Å²) in [5.74, 6) is -0.353. The summed E-state index contributed by atoms with van der Waals surface area (Å²) in [6.45, 7) is 0.253. The monoisotopic (exact) mass is 335 g/mol. The Morgan fingerprint density at radius 3 is 2.96 bits per heavy atom. The molecule has 0 aliphatic heterocycles. The molecular formula is C18H13N3O4. The van der Waals surface area contributed by atoms with Gasteiger partial charge < -0.3 is 14.5 Å². The lowest BCUT2D eigenvalue weighted by Gasteiger charge is -2.08. The third-order valence-corrected chi connectivity index (χ3v) is 3.42. The molecule has 7 nitrogen and oxygen atoms in total. The number of fused-ring (bicyclic) bond motifs is 1. The van der Waals surface area contributed by atoms with Gasteiger partial charge in [-0.3, -0.25) is 0 Å². The highest BCUT2D eigenvalue weighted by Crippen LogP contribution is 2.13. The van der Waals surface area contributed by atoms with E-state index in [1.54, 1.807) is 42.6 Å². The van der Waals surface area contributed by atoms with E-state index in [0.717, 1.165) is 0 Å². The van der Waals surface area contributed by atoms with Gasteiger partial charge in [-0.15, -0.1) is 0 Å². The van der Waals surface area contributed by atoms with Crippen LogP contribution in [0, 0.1) is 11.3 Å². The number of aromatic nitrogens is 1. The number of rotatable bonds is 5. The Labute approximate surface area is 142 Å². The maximum Gasteiger partial charge on any atom is 0.351 e. The Morgan fingerprint density at radius 1 is 1.28 bits per heavy atom. The molecule has 0 saturated carbocycles. The average Bonchev–Trinajstić information content (AvgIpc) is 2.64. The van der Waals surface area contributed by atoms with E-state index in [4.69, 9.17) is 14.4 Å². The van der Waals surface area contributed by atoms with Gasteiger partial charge in [0.05, 0.1) is 12.1 Å². The van der Waals surface area contributed by atoms with E-state index in [1.165, 1.54) is 6.07 Å².